The molecule has 1 saturated heterocycles. The molecule has 0 aliphatic carbocycles. The number of anilines is 2. The van der Waals surface area contributed by atoms with Crippen LogP contribution in [0.1, 0.15) is 6.42 Å². The predicted octanol–water partition coefficient (Wildman–Crippen LogP) is 2.28. The van der Waals surface area contributed by atoms with Gasteiger partial charge in [-0.15, -0.1) is 6.42 Å². The van der Waals surface area contributed by atoms with Crippen LogP contribution in [0.4, 0.5) is 11.5 Å². The molecule has 33 heavy (non-hydrogen) atoms. The van der Waals surface area contributed by atoms with Crippen molar-refractivity contribution >= 4 is 29.0 Å². The minimum absolute atomic E-state index is 0.106. The summed E-state index contributed by atoms with van der Waals surface area (Å²) in [6.45, 7) is 4.27. The van der Waals surface area contributed by atoms with Crippen LogP contribution >= 0.6 is 11.6 Å². The number of hydrogen-bond donors (Lipinski definition) is 2. The molecule has 1 aromatic carbocycles. The van der Waals surface area contributed by atoms with Gasteiger partial charge in [0, 0.05) is 31.2 Å². The molecule has 176 valence electrons. The Bertz CT molecular complexity index is 918. The Morgan fingerprint density at radius 2 is 2.03 bits per heavy atom. The van der Waals surface area contributed by atoms with Gasteiger partial charge in [0.25, 0.3) is 5.91 Å². The second-order valence-electron chi connectivity index (χ2n) is 7.71. The van der Waals surface area contributed by atoms with Crippen molar-refractivity contribution in [2.45, 2.75) is 12.5 Å². The molecule has 0 radical (unpaired) electrons. The van der Waals surface area contributed by atoms with Gasteiger partial charge in [-0.2, -0.15) is 0 Å². The van der Waals surface area contributed by atoms with Crippen molar-refractivity contribution in [1.29, 1.82) is 0 Å². The topological polar surface area (TPSA) is 87.2 Å². The number of aromatic nitrogens is 1. The number of hydrogen-bond acceptors (Lipinski definition) is 7. The summed E-state index contributed by atoms with van der Waals surface area (Å²) in [5, 5.41) is 13.5. The van der Waals surface area contributed by atoms with Crippen LogP contribution in [0, 0.1) is 12.3 Å². The molecule has 2 N–H and O–H groups in total. The summed E-state index contributed by atoms with van der Waals surface area (Å²) in [7, 11) is 0. The molecule has 0 bridgehead atoms. The predicted molar refractivity (Wildman–Crippen MR) is 129 cm³/mol. The molecule has 9 heteroatoms. The van der Waals surface area contributed by atoms with E-state index in [0.29, 0.717) is 23.0 Å². The second kappa shape index (κ2) is 13.0. The number of rotatable bonds is 10. The zero-order valence-electron chi connectivity index (χ0n) is 18.5. The molecule has 1 aromatic heterocycles. The first-order chi connectivity index (χ1) is 16.0. The third-order valence-electron chi connectivity index (χ3n) is 5.09. The fraction of sp³-hybridized carbons (Fsp3) is 0.417. The zero-order valence-corrected chi connectivity index (χ0v) is 19.2. The molecular weight excluding hydrogens is 444 g/mol. The highest BCUT2D eigenvalue weighted by molar-refractivity contribution is 6.30. The number of ether oxygens (including phenoxy) is 2. The van der Waals surface area contributed by atoms with Crippen LogP contribution in [-0.4, -0.2) is 79.5 Å². The average molecular weight is 473 g/mol. The van der Waals surface area contributed by atoms with Gasteiger partial charge in [-0.05, 0) is 49.4 Å². The van der Waals surface area contributed by atoms with Crippen LogP contribution in [0.2, 0.25) is 5.02 Å². The number of nitrogens with one attached hydrogen (secondary N) is 1. The Balaban J connectivity index is 1.43. The van der Waals surface area contributed by atoms with E-state index in [4.69, 9.17) is 27.5 Å². The van der Waals surface area contributed by atoms with Crippen LogP contribution in [0.3, 0.4) is 0 Å². The maximum atomic E-state index is 12.1. The van der Waals surface area contributed by atoms with Gasteiger partial charge in [-0.3, -0.25) is 9.69 Å². The monoisotopic (exact) mass is 472 g/mol. The third kappa shape index (κ3) is 8.56. The lowest BCUT2D eigenvalue weighted by atomic mass is 10.3. The molecule has 1 aliphatic heterocycles. The summed E-state index contributed by atoms with van der Waals surface area (Å²) < 4.78 is 10.7. The van der Waals surface area contributed by atoms with Crippen LogP contribution in [0.15, 0.2) is 42.6 Å². The van der Waals surface area contributed by atoms with Crippen LogP contribution in [0.5, 0.6) is 5.75 Å². The second-order valence-corrected chi connectivity index (χ2v) is 8.15. The van der Waals surface area contributed by atoms with Crippen molar-refractivity contribution < 1.29 is 19.4 Å². The number of terminal acetylenes is 1. The van der Waals surface area contributed by atoms with Gasteiger partial charge in [0.05, 0.1) is 24.6 Å². The number of amides is 1. The first-order valence-electron chi connectivity index (χ1n) is 10.8. The summed E-state index contributed by atoms with van der Waals surface area (Å²) >= 11 is 5.84. The van der Waals surface area contributed by atoms with Gasteiger partial charge in [0.15, 0.2) is 6.61 Å². The Morgan fingerprint density at radius 3 is 2.76 bits per heavy atom. The largest absolute Gasteiger partial charge is 0.484 e. The first-order valence-corrected chi connectivity index (χ1v) is 11.2. The average Bonchev–Trinajstić information content (AvgIpc) is 3.05. The molecule has 8 nitrogen and oxygen atoms in total. The van der Waals surface area contributed by atoms with Crippen LogP contribution < -0.4 is 15.0 Å². The Labute approximate surface area is 199 Å². The summed E-state index contributed by atoms with van der Waals surface area (Å²) in [4.78, 5) is 21.1. The van der Waals surface area contributed by atoms with Crippen molar-refractivity contribution in [1.82, 2.24) is 9.88 Å². The number of benzene rings is 1. The molecule has 1 fully saturated rings. The number of carbonyl (C=O) groups is 1. The zero-order chi connectivity index (χ0) is 23.5. The molecule has 2 heterocycles. The summed E-state index contributed by atoms with van der Waals surface area (Å²) in [5.74, 6) is 3.55. The van der Waals surface area contributed by atoms with Crippen molar-refractivity contribution in [3.63, 3.8) is 0 Å². The summed E-state index contributed by atoms with van der Waals surface area (Å²) in [5.41, 5.74) is 0.606. The SMILES string of the molecule is C#CCOCC(O)CN1CCCN(c2ccc(NC(=O)COc3ccc(Cl)cc3)cn2)CC1. The molecule has 0 saturated carbocycles. The Hall–Kier alpha value is -2.83. The maximum Gasteiger partial charge on any atom is 0.262 e. The number of aliphatic hydroxyl groups excluding tert-OH is 1. The van der Waals surface area contributed by atoms with E-state index in [1.54, 1.807) is 30.5 Å². The fourth-order valence-electron chi connectivity index (χ4n) is 3.51. The Morgan fingerprint density at radius 1 is 1.21 bits per heavy atom. The summed E-state index contributed by atoms with van der Waals surface area (Å²) in [6, 6.07) is 10.6. The normalized spacial score (nSPS) is 15.4. The third-order valence-corrected chi connectivity index (χ3v) is 5.34. The van der Waals surface area contributed by atoms with E-state index in [1.165, 1.54) is 0 Å². The molecule has 2 aromatic rings. The highest BCUT2D eigenvalue weighted by Crippen LogP contribution is 2.18. The molecule has 3 rings (SSSR count). The molecule has 1 amide bonds. The van der Waals surface area contributed by atoms with Gasteiger partial charge in [-0.25, -0.2) is 4.98 Å². The van der Waals surface area contributed by atoms with Gasteiger partial charge in [0.2, 0.25) is 0 Å². The highest BCUT2D eigenvalue weighted by Gasteiger charge is 2.18. The highest BCUT2D eigenvalue weighted by atomic mass is 35.5. The van der Waals surface area contributed by atoms with Crippen LogP contribution in [-0.2, 0) is 9.53 Å². The smallest absolute Gasteiger partial charge is 0.262 e. The standard InChI is InChI=1S/C24H29ClN4O4/c1-2-14-32-17-21(30)16-28-10-3-11-29(13-12-28)23-9-6-20(15-26-23)27-24(31)18-33-22-7-4-19(25)5-8-22/h1,4-9,15,21,30H,3,10-14,16-18H2,(H,27,31). The number of nitrogens with zero attached hydrogens (tertiary/aromatic N) is 3. The number of pyridine rings is 1. The number of aliphatic hydroxyl groups is 1. The van der Waals surface area contributed by atoms with E-state index in [0.717, 1.165) is 38.4 Å². The lowest BCUT2D eigenvalue weighted by Crippen LogP contribution is -2.37. The van der Waals surface area contributed by atoms with Crippen molar-refractivity contribution in [3.05, 3.63) is 47.6 Å². The van der Waals surface area contributed by atoms with E-state index in [1.807, 2.05) is 12.1 Å². The molecule has 1 atom stereocenters. The van der Waals surface area contributed by atoms with Crippen LogP contribution in [0.25, 0.3) is 0 Å². The lowest BCUT2D eigenvalue weighted by molar-refractivity contribution is -0.118. The van der Waals surface area contributed by atoms with Crippen molar-refractivity contribution in [2.75, 3.05) is 62.8 Å². The van der Waals surface area contributed by atoms with E-state index in [-0.39, 0.29) is 25.7 Å². The van der Waals surface area contributed by atoms with Gasteiger partial charge < -0.3 is 24.8 Å². The number of halogens is 1. The quantitative estimate of drug-likeness (QED) is 0.405. The molecule has 1 unspecified atom stereocenters. The summed E-state index contributed by atoms with van der Waals surface area (Å²) in [6.07, 6.45) is 7.20. The number of carbonyl (C=O) groups excluding carboxylic acids is 1. The van der Waals surface area contributed by atoms with E-state index in [9.17, 15) is 9.90 Å². The van der Waals surface area contributed by atoms with Crippen molar-refractivity contribution in [2.24, 2.45) is 0 Å². The minimum Gasteiger partial charge on any atom is -0.484 e. The Kier molecular flexibility index (Phi) is 9.78. The fourth-order valence-corrected chi connectivity index (χ4v) is 3.64. The van der Waals surface area contributed by atoms with Gasteiger partial charge >= 0.3 is 0 Å². The van der Waals surface area contributed by atoms with Gasteiger partial charge in [-0.1, -0.05) is 17.5 Å². The van der Waals surface area contributed by atoms with E-state index in [2.05, 4.69) is 26.0 Å². The maximum absolute atomic E-state index is 12.1. The van der Waals surface area contributed by atoms with E-state index < -0.39 is 6.10 Å². The molecule has 0 spiro atoms. The van der Waals surface area contributed by atoms with Gasteiger partial charge in [0.1, 0.15) is 18.2 Å². The van der Waals surface area contributed by atoms with E-state index >= 15 is 0 Å². The molecular formula is C24H29ClN4O4. The number of β-amino-alcohol motifs (C(OH)–C–C–N with tert-alkyl or cyclic N) is 1. The van der Waals surface area contributed by atoms with Crippen molar-refractivity contribution in [3.8, 4) is 18.1 Å². The lowest BCUT2D eigenvalue weighted by Gasteiger charge is -2.24. The minimum atomic E-state index is -0.561. The molecule has 1 aliphatic rings. The first kappa shape index (κ1) is 24.8.